The molecule has 28 heavy (non-hydrogen) atoms. The Balaban J connectivity index is 1.54. The number of hydrogen-bond acceptors (Lipinski definition) is 7. The van der Waals surface area contributed by atoms with E-state index in [1.54, 1.807) is 12.1 Å². The maximum Gasteiger partial charge on any atom is 0.263 e. The van der Waals surface area contributed by atoms with Gasteiger partial charge in [0.25, 0.3) is 5.56 Å². The summed E-state index contributed by atoms with van der Waals surface area (Å²) >= 11 is 1.46. The zero-order chi connectivity index (χ0) is 19.1. The Morgan fingerprint density at radius 3 is 2.82 bits per heavy atom. The predicted molar refractivity (Wildman–Crippen MR) is 105 cm³/mol. The van der Waals surface area contributed by atoms with E-state index in [0.717, 1.165) is 11.1 Å². The number of hydrogen-bond donors (Lipinski definition) is 0. The van der Waals surface area contributed by atoms with Crippen LogP contribution in [0.4, 0.5) is 0 Å². The molecule has 4 heterocycles. The summed E-state index contributed by atoms with van der Waals surface area (Å²) in [6.07, 6.45) is 3.05. The van der Waals surface area contributed by atoms with Crippen LogP contribution in [0.2, 0.25) is 0 Å². The van der Waals surface area contributed by atoms with E-state index in [-0.39, 0.29) is 12.1 Å². The second-order valence-corrected chi connectivity index (χ2v) is 7.22. The predicted octanol–water partition coefficient (Wildman–Crippen LogP) is 4.12. The first-order valence-electron chi connectivity index (χ1n) is 8.59. The highest BCUT2D eigenvalue weighted by Gasteiger charge is 2.16. The normalized spacial score (nSPS) is 11.3. The fourth-order valence-corrected chi connectivity index (χ4v) is 3.90. The van der Waals surface area contributed by atoms with Crippen molar-refractivity contribution in [2.45, 2.75) is 13.5 Å². The Kier molecular flexibility index (Phi) is 3.91. The minimum Gasteiger partial charge on any atom is -0.461 e. The van der Waals surface area contributed by atoms with Gasteiger partial charge in [-0.2, -0.15) is 4.98 Å². The number of rotatable bonds is 4. The third-order valence-electron chi connectivity index (χ3n) is 4.44. The van der Waals surface area contributed by atoms with Crippen molar-refractivity contribution in [2.75, 3.05) is 0 Å². The maximum atomic E-state index is 13.1. The molecule has 0 aliphatic carbocycles. The van der Waals surface area contributed by atoms with Gasteiger partial charge in [0.15, 0.2) is 5.76 Å². The summed E-state index contributed by atoms with van der Waals surface area (Å²) in [4.78, 5) is 22.5. The summed E-state index contributed by atoms with van der Waals surface area (Å²) in [6.45, 7) is 2.17. The Hall–Kier alpha value is -3.52. The molecule has 1 aromatic carbocycles. The maximum absolute atomic E-state index is 13.1. The van der Waals surface area contributed by atoms with Crippen molar-refractivity contribution >= 4 is 21.6 Å². The van der Waals surface area contributed by atoms with Gasteiger partial charge < -0.3 is 8.94 Å². The lowest BCUT2D eigenvalue weighted by Crippen LogP contribution is -2.21. The Morgan fingerprint density at radius 2 is 2.04 bits per heavy atom. The van der Waals surface area contributed by atoms with Crippen molar-refractivity contribution in [3.63, 3.8) is 0 Å². The number of aromatic nitrogens is 4. The van der Waals surface area contributed by atoms with Crippen molar-refractivity contribution in [3.8, 4) is 22.7 Å². The molecule has 0 atom stereocenters. The third kappa shape index (κ3) is 2.84. The van der Waals surface area contributed by atoms with E-state index in [4.69, 9.17) is 8.94 Å². The molecule has 138 valence electrons. The monoisotopic (exact) mass is 390 g/mol. The molecule has 5 rings (SSSR count). The van der Waals surface area contributed by atoms with E-state index < -0.39 is 0 Å². The van der Waals surface area contributed by atoms with Gasteiger partial charge in [-0.15, -0.1) is 11.3 Å². The molecule has 0 N–H and O–H groups in total. The summed E-state index contributed by atoms with van der Waals surface area (Å²) in [6, 6.07) is 11.6. The molecule has 8 heteroatoms. The first-order valence-corrected chi connectivity index (χ1v) is 9.47. The average Bonchev–Trinajstić information content (AvgIpc) is 3.45. The minimum absolute atomic E-state index is 0.138. The largest absolute Gasteiger partial charge is 0.461 e. The van der Waals surface area contributed by atoms with Gasteiger partial charge in [0, 0.05) is 10.9 Å². The van der Waals surface area contributed by atoms with Crippen LogP contribution >= 0.6 is 11.3 Å². The SMILES string of the molecule is Cc1ccc(-c2csc3ncn(Cc4nc(-c5ccco5)no4)c(=O)c23)cc1. The third-order valence-corrected chi connectivity index (χ3v) is 5.32. The van der Waals surface area contributed by atoms with E-state index in [9.17, 15) is 4.79 Å². The molecule has 0 saturated carbocycles. The van der Waals surface area contributed by atoms with Crippen LogP contribution in [0.3, 0.4) is 0 Å². The first-order chi connectivity index (χ1) is 13.7. The van der Waals surface area contributed by atoms with Crippen molar-refractivity contribution in [1.82, 2.24) is 19.7 Å². The van der Waals surface area contributed by atoms with Crippen LogP contribution in [0, 0.1) is 6.92 Å². The van der Waals surface area contributed by atoms with Crippen LogP contribution in [0.25, 0.3) is 32.9 Å². The summed E-state index contributed by atoms with van der Waals surface area (Å²) < 4.78 is 12.0. The average molecular weight is 390 g/mol. The molecule has 0 aliphatic rings. The van der Waals surface area contributed by atoms with Crippen LogP contribution in [-0.4, -0.2) is 19.7 Å². The summed E-state index contributed by atoms with van der Waals surface area (Å²) in [5.41, 5.74) is 2.90. The van der Waals surface area contributed by atoms with Crippen LogP contribution < -0.4 is 5.56 Å². The molecule has 0 radical (unpaired) electrons. The number of thiophene rings is 1. The Bertz CT molecular complexity index is 1310. The fourth-order valence-electron chi connectivity index (χ4n) is 3.00. The van der Waals surface area contributed by atoms with Gasteiger partial charge in [0.1, 0.15) is 11.4 Å². The van der Waals surface area contributed by atoms with E-state index in [1.165, 1.54) is 34.1 Å². The van der Waals surface area contributed by atoms with Gasteiger partial charge in [-0.3, -0.25) is 9.36 Å². The highest BCUT2D eigenvalue weighted by Crippen LogP contribution is 2.30. The molecule has 5 aromatic rings. The second kappa shape index (κ2) is 6.58. The van der Waals surface area contributed by atoms with Gasteiger partial charge >= 0.3 is 0 Å². The zero-order valence-electron chi connectivity index (χ0n) is 14.8. The smallest absolute Gasteiger partial charge is 0.263 e. The highest BCUT2D eigenvalue weighted by atomic mass is 32.1. The van der Waals surface area contributed by atoms with Crippen LogP contribution in [0.1, 0.15) is 11.5 Å². The van der Waals surface area contributed by atoms with Gasteiger partial charge in [-0.25, -0.2) is 4.98 Å². The Morgan fingerprint density at radius 1 is 1.18 bits per heavy atom. The summed E-state index contributed by atoms with van der Waals surface area (Å²) in [5.74, 6) is 1.16. The van der Waals surface area contributed by atoms with E-state index in [0.29, 0.717) is 27.7 Å². The van der Waals surface area contributed by atoms with E-state index >= 15 is 0 Å². The molecule has 0 aliphatic heterocycles. The molecule has 0 spiro atoms. The molecular weight excluding hydrogens is 376 g/mol. The highest BCUT2D eigenvalue weighted by molar-refractivity contribution is 7.17. The molecule has 4 aromatic heterocycles. The lowest BCUT2D eigenvalue weighted by atomic mass is 10.1. The molecule has 7 nitrogen and oxygen atoms in total. The molecule has 0 saturated heterocycles. The van der Waals surface area contributed by atoms with Gasteiger partial charge in [0.2, 0.25) is 11.7 Å². The van der Waals surface area contributed by atoms with Crippen LogP contribution in [0.5, 0.6) is 0 Å². The van der Waals surface area contributed by atoms with Crippen LogP contribution in [-0.2, 0) is 6.54 Å². The second-order valence-electron chi connectivity index (χ2n) is 6.36. The number of aryl methyl sites for hydroxylation is 1. The molecular formula is C20H14N4O3S. The van der Waals surface area contributed by atoms with Gasteiger partial charge in [-0.1, -0.05) is 35.0 Å². The van der Waals surface area contributed by atoms with E-state index in [1.807, 2.05) is 36.6 Å². The van der Waals surface area contributed by atoms with E-state index in [2.05, 4.69) is 15.1 Å². The van der Waals surface area contributed by atoms with Gasteiger partial charge in [-0.05, 0) is 24.6 Å². The standard InChI is InChI=1S/C20H14N4O3S/c1-12-4-6-13(7-5-12)14-10-28-19-17(14)20(25)24(11-21-19)9-16-22-18(23-27-16)15-3-2-8-26-15/h2-8,10-11H,9H2,1H3. The first kappa shape index (κ1) is 16.6. The zero-order valence-corrected chi connectivity index (χ0v) is 15.6. The van der Waals surface area contributed by atoms with Gasteiger partial charge in [0.05, 0.1) is 18.0 Å². The Labute approximate surface area is 162 Å². The molecule has 0 fully saturated rings. The van der Waals surface area contributed by atoms with Crippen LogP contribution in [0.15, 0.2) is 68.1 Å². The quantitative estimate of drug-likeness (QED) is 0.459. The van der Waals surface area contributed by atoms with Crippen molar-refractivity contribution in [2.24, 2.45) is 0 Å². The molecule has 0 bridgehead atoms. The molecule has 0 unspecified atom stereocenters. The lowest BCUT2D eigenvalue weighted by Gasteiger charge is -2.04. The summed E-state index contributed by atoms with van der Waals surface area (Å²) in [7, 11) is 0. The van der Waals surface area contributed by atoms with Crippen molar-refractivity contribution in [1.29, 1.82) is 0 Å². The number of nitrogens with zero attached hydrogens (tertiary/aromatic N) is 4. The van der Waals surface area contributed by atoms with Crippen molar-refractivity contribution < 1.29 is 8.94 Å². The number of furan rings is 1. The topological polar surface area (TPSA) is 86.9 Å². The molecule has 0 amide bonds. The fraction of sp³-hybridized carbons (Fsp3) is 0.100. The van der Waals surface area contributed by atoms with Crippen molar-refractivity contribution in [3.05, 3.63) is 76.2 Å². The number of benzene rings is 1. The number of fused-ring (bicyclic) bond motifs is 1. The lowest BCUT2D eigenvalue weighted by molar-refractivity contribution is 0.368. The summed E-state index contributed by atoms with van der Waals surface area (Å²) in [5, 5.41) is 6.46. The minimum atomic E-state index is -0.139.